The van der Waals surface area contributed by atoms with Crippen LogP contribution in [0.5, 0.6) is 5.75 Å². The Morgan fingerprint density at radius 1 is 0.969 bits per heavy atom. The number of anilines is 2. The molecule has 2 amide bonds. The molecule has 1 heterocycles. The molecule has 1 aliphatic heterocycles. The fraction of sp³-hybridized carbons (Fsp3) is 0.120. The van der Waals surface area contributed by atoms with Gasteiger partial charge >= 0.3 is 12.0 Å². The highest BCUT2D eigenvalue weighted by molar-refractivity contribution is 6.00. The Kier molecular flexibility index (Phi) is 5.89. The molecule has 0 saturated heterocycles. The van der Waals surface area contributed by atoms with Crippen LogP contribution in [0.25, 0.3) is 6.08 Å². The zero-order chi connectivity index (χ0) is 22.6. The fourth-order valence-electron chi connectivity index (χ4n) is 3.17. The molecule has 0 aliphatic carbocycles. The van der Waals surface area contributed by atoms with Crippen LogP contribution in [0.2, 0.25) is 0 Å². The van der Waals surface area contributed by atoms with Crippen LogP contribution in [-0.4, -0.2) is 24.2 Å². The molecular weight excluding hydrogens is 411 g/mol. The van der Waals surface area contributed by atoms with E-state index in [0.29, 0.717) is 22.7 Å². The lowest BCUT2D eigenvalue weighted by atomic mass is 10.0. The lowest BCUT2D eigenvalue weighted by Gasteiger charge is -2.31. The number of rotatable bonds is 5. The number of ether oxygens (including phenoxy) is 2. The number of halogens is 1. The summed E-state index contributed by atoms with van der Waals surface area (Å²) in [6.07, 6.45) is 3.67. The van der Waals surface area contributed by atoms with E-state index in [0.717, 1.165) is 5.56 Å². The molecule has 7 heteroatoms. The SMILES string of the molecule is CC1(COC(=O)c2ccccc2)C=Cc2cc(NC(=O)Nc3ccc(F)cc3)ccc2O1. The van der Waals surface area contributed by atoms with Crippen molar-refractivity contribution in [1.29, 1.82) is 0 Å². The van der Waals surface area contributed by atoms with Crippen LogP contribution in [0.4, 0.5) is 20.6 Å². The van der Waals surface area contributed by atoms with Crippen LogP contribution in [0.15, 0.2) is 78.9 Å². The molecule has 0 radical (unpaired) electrons. The van der Waals surface area contributed by atoms with E-state index in [-0.39, 0.29) is 12.4 Å². The number of hydrogen-bond acceptors (Lipinski definition) is 4. The van der Waals surface area contributed by atoms with Gasteiger partial charge in [-0.05, 0) is 67.6 Å². The standard InChI is InChI=1S/C25H21FN2O4/c1-25(16-31-23(29)17-5-3-2-4-6-17)14-13-18-15-21(11-12-22(18)32-25)28-24(30)27-20-9-7-19(26)8-10-20/h2-15H,16H2,1H3,(H2,27,28,30). The number of carbonyl (C=O) groups excluding carboxylic acids is 2. The average molecular weight is 432 g/mol. The number of esters is 1. The van der Waals surface area contributed by atoms with Gasteiger partial charge < -0.3 is 20.1 Å². The van der Waals surface area contributed by atoms with E-state index in [4.69, 9.17) is 9.47 Å². The van der Waals surface area contributed by atoms with Crippen molar-refractivity contribution in [2.75, 3.05) is 17.2 Å². The van der Waals surface area contributed by atoms with Crippen LogP contribution >= 0.6 is 0 Å². The van der Waals surface area contributed by atoms with Crippen molar-refractivity contribution in [1.82, 2.24) is 0 Å². The summed E-state index contributed by atoms with van der Waals surface area (Å²) in [5, 5.41) is 5.37. The molecule has 6 nitrogen and oxygen atoms in total. The van der Waals surface area contributed by atoms with E-state index in [1.54, 1.807) is 42.5 Å². The first kappa shape index (κ1) is 21.1. The van der Waals surface area contributed by atoms with Gasteiger partial charge in [-0.15, -0.1) is 0 Å². The second-order valence-corrected chi connectivity index (χ2v) is 7.53. The maximum absolute atomic E-state index is 13.0. The summed E-state index contributed by atoms with van der Waals surface area (Å²) in [6, 6.07) is 19.0. The third-order valence-electron chi connectivity index (χ3n) is 4.83. The minimum atomic E-state index is -0.813. The summed E-state index contributed by atoms with van der Waals surface area (Å²) in [5.74, 6) is -0.184. The quantitative estimate of drug-likeness (QED) is 0.523. The predicted molar refractivity (Wildman–Crippen MR) is 120 cm³/mol. The second-order valence-electron chi connectivity index (χ2n) is 7.53. The van der Waals surface area contributed by atoms with Gasteiger partial charge in [-0.3, -0.25) is 0 Å². The highest BCUT2D eigenvalue weighted by Crippen LogP contribution is 2.33. The van der Waals surface area contributed by atoms with E-state index in [2.05, 4.69) is 10.6 Å². The Morgan fingerprint density at radius 3 is 2.41 bits per heavy atom. The molecule has 0 aromatic heterocycles. The molecule has 1 atom stereocenters. The fourth-order valence-corrected chi connectivity index (χ4v) is 3.17. The number of urea groups is 1. The third-order valence-corrected chi connectivity index (χ3v) is 4.83. The van der Waals surface area contributed by atoms with Gasteiger partial charge in [0.05, 0.1) is 5.56 Å². The van der Waals surface area contributed by atoms with E-state index < -0.39 is 17.6 Å². The van der Waals surface area contributed by atoms with Gasteiger partial charge in [-0.25, -0.2) is 14.0 Å². The van der Waals surface area contributed by atoms with Gasteiger partial charge in [0.2, 0.25) is 0 Å². The molecule has 0 bridgehead atoms. The van der Waals surface area contributed by atoms with Crippen molar-refractivity contribution in [3.05, 3.63) is 95.8 Å². The minimum absolute atomic E-state index is 0.0523. The molecule has 0 saturated carbocycles. The number of carbonyl (C=O) groups is 2. The molecule has 32 heavy (non-hydrogen) atoms. The second kappa shape index (κ2) is 8.93. The summed E-state index contributed by atoms with van der Waals surface area (Å²) in [4.78, 5) is 24.4. The first-order valence-corrected chi connectivity index (χ1v) is 9.98. The van der Waals surface area contributed by atoms with Crippen molar-refractivity contribution < 1.29 is 23.5 Å². The maximum Gasteiger partial charge on any atom is 0.338 e. The maximum atomic E-state index is 13.0. The van der Waals surface area contributed by atoms with Gasteiger partial charge in [0.15, 0.2) is 5.60 Å². The van der Waals surface area contributed by atoms with Gasteiger partial charge in [0.25, 0.3) is 0 Å². The summed E-state index contributed by atoms with van der Waals surface area (Å²) < 4.78 is 24.4. The van der Waals surface area contributed by atoms with Crippen molar-refractivity contribution in [3.8, 4) is 5.75 Å². The lowest BCUT2D eigenvalue weighted by molar-refractivity contribution is 0.0140. The zero-order valence-corrected chi connectivity index (χ0v) is 17.3. The highest BCUT2D eigenvalue weighted by Gasteiger charge is 2.29. The monoisotopic (exact) mass is 432 g/mol. The normalized spacial score (nSPS) is 16.4. The molecule has 0 spiro atoms. The van der Waals surface area contributed by atoms with Crippen LogP contribution in [0.3, 0.4) is 0 Å². The average Bonchev–Trinajstić information content (AvgIpc) is 2.80. The van der Waals surface area contributed by atoms with Crippen molar-refractivity contribution >= 4 is 29.5 Å². The Balaban J connectivity index is 1.36. The van der Waals surface area contributed by atoms with Crippen molar-refractivity contribution in [2.45, 2.75) is 12.5 Å². The van der Waals surface area contributed by atoms with Gasteiger partial charge in [-0.1, -0.05) is 24.3 Å². The first-order chi connectivity index (χ1) is 15.4. The lowest BCUT2D eigenvalue weighted by Crippen LogP contribution is -2.38. The van der Waals surface area contributed by atoms with Gasteiger partial charge in [0.1, 0.15) is 18.2 Å². The van der Waals surface area contributed by atoms with Crippen LogP contribution in [0.1, 0.15) is 22.8 Å². The number of nitrogens with one attached hydrogen (secondary N) is 2. The Morgan fingerprint density at radius 2 is 1.66 bits per heavy atom. The molecule has 2 N–H and O–H groups in total. The molecule has 1 unspecified atom stereocenters. The summed E-state index contributed by atoms with van der Waals surface area (Å²) >= 11 is 0. The van der Waals surface area contributed by atoms with Crippen molar-refractivity contribution in [3.63, 3.8) is 0 Å². The summed E-state index contributed by atoms with van der Waals surface area (Å²) in [5.41, 5.74) is 1.48. The van der Waals surface area contributed by atoms with E-state index in [1.165, 1.54) is 24.3 Å². The number of fused-ring (bicyclic) bond motifs is 1. The zero-order valence-electron chi connectivity index (χ0n) is 17.3. The summed E-state index contributed by atoms with van der Waals surface area (Å²) in [7, 11) is 0. The largest absolute Gasteiger partial charge is 0.479 e. The predicted octanol–water partition coefficient (Wildman–Crippen LogP) is 5.49. The number of hydrogen-bond donors (Lipinski definition) is 2. The highest BCUT2D eigenvalue weighted by atomic mass is 19.1. The van der Waals surface area contributed by atoms with Crippen LogP contribution in [0, 0.1) is 5.82 Å². The van der Waals surface area contributed by atoms with Crippen molar-refractivity contribution in [2.24, 2.45) is 0 Å². The molecule has 0 fully saturated rings. The minimum Gasteiger partial charge on any atom is -0.479 e. The Labute approximate surface area is 184 Å². The van der Waals surface area contributed by atoms with Gasteiger partial charge in [0, 0.05) is 16.9 Å². The smallest absolute Gasteiger partial charge is 0.338 e. The third kappa shape index (κ3) is 5.13. The molecule has 3 aromatic rings. The Hall–Kier alpha value is -4.13. The number of amides is 2. The Bertz CT molecular complexity index is 1160. The van der Waals surface area contributed by atoms with E-state index in [9.17, 15) is 14.0 Å². The van der Waals surface area contributed by atoms with Crippen LogP contribution in [-0.2, 0) is 4.74 Å². The van der Waals surface area contributed by atoms with Crippen LogP contribution < -0.4 is 15.4 Å². The molecular formula is C25H21FN2O4. The number of benzene rings is 3. The molecule has 4 rings (SSSR count). The molecule has 3 aromatic carbocycles. The van der Waals surface area contributed by atoms with E-state index >= 15 is 0 Å². The topological polar surface area (TPSA) is 76.7 Å². The summed E-state index contributed by atoms with van der Waals surface area (Å²) in [6.45, 7) is 1.88. The first-order valence-electron chi connectivity index (χ1n) is 9.98. The van der Waals surface area contributed by atoms with Gasteiger partial charge in [-0.2, -0.15) is 0 Å². The van der Waals surface area contributed by atoms with E-state index in [1.807, 2.05) is 25.1 Å². The molecule has 162 valence electrons. The molecule has 1 aliphatic rings.